The van der Waals surface area contributed by atoms with Crippen LogP contribution in [0.1, 0.15) is 33.6 Å². The van der Waals surface area contributed by atoms with E-state index in [-0.39, 0.29) is 12.2 Å². The Kier molecular flexibility index (Phi) is 6.43. The molecule has 5 nitrogen and oxygen atoms in total. The van der Waals surface area contributed by atoms with Gasteiger partial charge in [-0.15, -0.1) is 0 Å². The summed E-state index contributed by atoms with van der Waals surface area (Å²) < 4.78 is 5.20. The second-order valence-corrected chi connectivity index (χ2v) is 5.13. The van der Waals surface area contributed by atoms with Gasteiger partial charge in [-0.25, -0.2) is 4.79 Å². The summed E-state index contributed by atoms with van der Waals surface area (Å²) in [6.45, 7) is 9.91. The van der Waals surface area contributed by atoms with Gasteiger partial charge in [0.15, 0.2) is 0 Å². The van der Waals surface area contributed by atoms with Gasteiger partial charge in [0.05, 0.1) is 6.10 Å². The predicted molar refractivity (Wildman–Crippen MR) is 72.5 cm³/mol. The van der Waals surface area contributed by atoms with E-state index in [1.54, 1.807) is 4.90 Å². The Morgan fingerprint density at radius 3 is 2.33 bits per heavy atom. The highest BCUT2D eigenvalue weighted by molar-refractivity contribution is 5.67. The summed E-state index contributed by atoms with van der Waals surface area (Å²) >= 11 is 0. The summed E-state index contributed by atoms with van der Waals surface area (Å²) in [5.74, 6) is 0. The van der Waals surface area contributed by atoms with E-state index in [0.717, 1.165) is 39.0 Å². The lowest BCUT2D eigenvalue weighted by Gasteiger charge is -2.38. The van der Waals surface area contributed by atoms with Gasteiger partial charge in [-0.3, -0.25) is 4.90 Å². The van der Waals surface area contributed by atoms with E-state index in [0.29, 0.717) is 12.6 Å². The van der Waals surface area contributed by atoms with Crippen molar-refractivity contribution in [3.05, 3.63) is 0 Å². The second kappa shape index (κ2) is 7.59. The van der Waals surface area contributed by atoms with Crippen molar-refractivity contribution >= 4 is 6.09 Å². The van der Waals surface area contributed by atoms with Crippen molar-refractivity contribution in [2.24, 2.45) is 5.73 Å². The maximum atomic E-state index is 11.7. The molecule has 5 heteroatoms. The van der Waals surface area contributed by atoms with Crippen LogP contribution in [0.5, 0.6) is 0 Å². The number of piperazine rings is 1. The molecule has 1 rings (SSSR count). The molecule has 1 aliphatic rings. The maximum absolute atomic E-state index is 11.7. The van der Waals surface area contributed by atoms with Crippen LogP contribution < -0.4 is 5.73 Å². The molecule has 18 heavy (non-hydrogen) atoms. The molecule has 0 bridgehead atoms. The number of hydrogen-bond donors (Lipinski definition) is 1. The molecule has 0 aliphatic carbocycles. The van der Waals surface area contributed by atoms with Gasteiger partial charge in [-0.05, 0) is 20.3 Å². The van der Waals surface area contributed by atoms with Crippen LogP contribution in [-0.2, 0) is 4.74 Å². The summed E-state index contributed by atoms with van der Waals surface area (Å²) in [5, 5.41) is 0. The van der Waals surface area contributed by atoms with Gasteiger partial charge in [-0.2, -0.15) is 0 Å². The molecular weight excluding hydrogens is 230 g/mol. The van der Waals surface area contributed by atoms with Crippen LogP contribution in [0.2, 0.25) is 0 Å². The minimum atomic E-state index is -0.190. The van der Waals surface area contributed by atoms with Crippen molar-refractivity contribution in [2.75, 3.05) is 32.7 Å². The minimum absolute atomic E-state index is 0.0487. The summed E-state index contributed by atoms with van der Waals surface area (Å²) in [6, 6.07) is 0.457. The Labute approximate surface area is 110 Å². The van der Waals surface area contributed by atoms with Crippen LogP contribution in [-0.4, -0.2) is 60.8 Å². The second-order valence-electron chi connectivity index (χ2n) is 5.13. The normalized spacial score (nSPS) is 19.1. The topological polar surface area (TPSA) is 58.8 Å². The van der Waals surface area contributed by atoms with Crippen molar-refractivity contribution in [3.8, 4) is 0 Å². The van der Waals surface area contributed by atoms with Crippen molar-refractivity contribution in [1.82, 2.24) is 9.80 Å². The molecule has 1 amide bonds. The fraction of sp³-hybridized carbons (Fsp3) is 0.923. The van der Waals surface area contributed by atoms with Crippen LogP contribution >= 0.6 is 0 Å². The summed E-state index contributed by atoms with van der Waals surface area (Å²) in [4.78, 5) is 15.9. The first-order valence-corrected chi connectivity index (χ1v) is 6.98. The standard InChI is InChI=1S/C13H27N3O2/c1-4-5-12(10-14)15-6-8-16(9-7-15)13(17)18-11(2)3/h11-12H,4-10,14H2,1-3H3. The van der Waals surface area contributed by atoms with Gasteiger partial charge in [-0.1, -0.05) is 13.3 Å². The van der Waals surface area contributed by atoms with Crippen LogP contribution in [0, 0.1) is 0 Å². The SMILES string of the molecule is CCCC(CN)N1CCN(C(=O)OC(C)C)CC1. The molecule has 0 aromatic rings. The molecule has 2 N–H and O–H groups in total. The van der Waals surface area contributed by atoms with Gasteiger partial charge in [0.2, 0.25) is 0 Å². The maximum Gasteiger partial charge on any atom is 0.410 e. The van der Waals surface area contributed by atoms with E-state index in [4.69, 9.17) is 10.5 Å². The third-order valence-corrected chi connectivity index (χ3v) is 3.32. The third kappa shape index (κ3) is 4.46. The molecule has 1 fully saturated rings. The Balaban J connectivity index is 2.38. The first-order valence-electron chi connectivity index (χ1n) is 6.98. The minimum Gasteiger partial charge on any atom is -0.447 e. The molecule has 0 aromatic heterocycles. The molecule has 1 heterocycles. The zero-order chi connectivity index (χ0) is 13.5. The fourth-order valence-electron chi connectivity index (χ4n) is 2.33. The molecule has 0 radical (unpaired) electrons. The predicted octanol–water partition coefficient (Wildman–Crippen LogP) is 1.28. The van der Waals surface area contributed by atoms with Crippen molar-refractivity contribution in [2.45, 2.75) is 45.8 Å². The summed E-state index contributed by atoms with van der Waals surface area (Å²) in [5.41, 5.74) is 5.80. The number of hydrogen-bond acceptors (Lipinski definition) is 4. The highest BCUT2D eigenvalue weighted by atomic mass is 16.6. The van der Waals surface area contributed by atoms with Gasteiger partial charge < -0.3 is 15.4 Å². The lowest BCUT2D eigenvalue weighted by molar-refractivity contribution is 0.0477. The molecule has 1 saturated heterocycles. The summed E-state index contributed by atoms with van der Waals surface area (Å²) in [7, 11) is 0. The quantitative estimate of drug-likeness (QED) is 0.806. The number of rotatable bonds is 5. The third-order valence-electron chi connectivity index (χ3n) is 3.32. The summed E-state index contributed by atoms with van der Waals surface area (Å²) in [6.07, 6.45) is 2.04. The molecule has 1 atom stereocenters. The monoisotopic (exact) mass is 257 g/mol. The highest BCUT2D eigenvalue weighted by Gasteiger charge is 2.26. The molecule has 0 spiro atoms. The average Bonchev–Trinajstić information content (AvgIpc) is 2.35. The van der Waals surface area contributed by atoms with Gasteiger partial charge >= 0.3 is 6.09 Å². The number of nitrogens with zero attached hydrogens (tertiary/aromatic N) is 2. The zero-order valence-electron chi connectivity index (χ0n) is 11.9. The van der Waals surface area contributed by atoms with Crippen LogP contribution in [0.3, 0.4) is 0 Å². The molecule has 106 valence electrons. The van der Waals surface area contributed by atoms with E-state index >= 15 is 0 Å². The molecule has 0 aromatic carbocycles. The lowest BCUT2D eigenvalue weighted by Crippen LogP contribution is -2.53. The Bertz CT molecular complexity index is 251. The number of carbonyl (C=O) groups excluding carboxylic acids is 1. The van der Waals surface area contributed by atoms with Crippen molar-refractivity contribution < 1.29 is 9.53 Å². The van der Waals surface area contributed by atoms with Crippen molar-refractivity contribution in [3.63, 3.8) is 0 Å². The van der Waals surface area contributed by atoms with E-state index in [2.05, 4.69) is 11.8 Å². The molecular formula is C13H27N3O2. The van der Waals surface area contributed by atoms with Gasteiger partial charge in [0.25, 0.3) is 0 Å². The van der Waals surface area contributed by atoms with E-state index in [9.17, 15) is 4.79 Å². The van der Waals surface area contributed by atoms with E-state index in [1.807, 2.05) is 13.8 Å². The van der Waals surface area contributed by atoms with Gasteiger partial charge in [0.1, 0.15) is 0 Å². The first kappa shape index (κ1) is 15.2. The van der Waals surface area contributed by atoms with Crippen LogP contribution in [0.15, 0.2) is 0 Å². The fourth-order valence-corrected chi connectivity index (χ4v) is 2.33. The van der Waals surface area contributed by atoms with Crippen molar-refractivity contribution in [1.29, 1.82) is 0 Å². The first-order chi connectivity index (χ1) is 8.58. The van der Waals surface area contributed by atoms with Crippen LogP contribution in [0.4, 0.5) is 4.79 Å². The lowest BCUT2D eigenvalue weighted by atomic mass is 10.1. The highest BCUT2D eigenvalue weighted by Crippen LogP contribution is 2.11. The molecule has 1 aliphatic heterocycles. The Hall–Kier alpha value is -0.810. The molecule has 1 unspecified atom stereocenters. The Morgan fingerprint density at radius 1 is 1.28 bits per heavy atom. The van der Waals surface area contributed by atoms with E-state index in [1.165, 1.54) is 0 Å². The smallest absolute Gasteiger partial charge is 0.410 e. The number of nitrogens with two attached hydrogens (primary N) is 1. The zero-order valence-corrected chi connectivity index (χ0v) is 11.9. The molecule has 0 saturated carbocycles. The number of ether oxygens (including phenoxy) is 1. The van der Waals surface area contributed by atoms with Gasteiger partial charge in [0, 0.05) is 38.8 Å². The average molecular weight is 257 g/mol. The number of amides is 1. The number of carbonyl (C=O) groups is 1. The van der Waals surface area contributed by atoms with E-state index < -0.39 is 0 Å². The van der Waals surface area contributed by atoms with Crippen LogP contribution in [0.25, 0.3) is 0 Å². The Morgan fingerprint density at radius 2 is 1.89 bits per heavy atom. The largest absolute Gasteiger partial charge is 0.447 e.